The molecule has 0 aromatic heterocycles. The third-order valence-corrected chi connectivity index (χ3v) is 26.3. The van der Waals surface area contributed by atoms with Crippen molar-refractivity contribution in [2.24, 2.45) is 93.2 Å². The Bertz CT molecular complexity index is 2790. The highest BCUT2D eigenvalue weighted by Gasteiger charge is 2.86. The number of hydrogen-bond acceptors (Lipinski definition) is 9. The van der Waals surface area contributed by atoms with Gasteiger partial charge in [0.2, 0.25) is 0 Å². The molecule has 76 heavy (non-hydrogen) atoms. The van der Waals surface area contributed by atoms with Gasteiger partial charge in [-0.2, -0.15) is 0 Å². The fourth-order valence-electron chi connectivity index (χ4n) is 23.9. The molecule has 9 saturated carbocycles. The maximum Gasteiger partial charge on any atom is 0.331 e. The normalized spacial score (nSPS) is 50.3. The molecule has 0 radical (unpaired) electrons. The fourth-order valence-corrected chi connectivity index (χ4v) is 23.9. The summed E-state index contributed by atoms with van der Waals surface area (Å²) in [5.41, 5.74) is -2.15. The van der Waals surface area contributed by atoms with Gasteiger partial charge >= 0.3 is 5.97 Å². The van der Waals surface area contributed by atoms with Crippen molar-refractivity contribution in [3.05, 3.63) is 94.6 Å². The van der Waals surface area contributed by atoms with E-state index in [-0.39, 0.29) is 66.1 Å². The Labute approximate surface area is 450 Å². The molecule has 10 fully saturated rings. The number of carbonyl (C=O) groups excluding carboxylic acids is 2. The standard InChI is InChI=1S/C67H83NO8/c1-68-56-32-50-41(16-9-18-44(50)36-69)15-7-8-24-62-25-22-57-63(38-70)37-64-47(28-45-27-42(20-21-54(45)64)39-11-3-2-4-12-39)23-26-75-61(64)55-30-43-17-10-19-49(40-13-5-6-14-40)51(43)31-48(67(55,63)74)35-65(57,72)66(62,73)34-46-29-52(56)60-53(59(46)62)33-58(71)76-60/h2-4,9-12,16-18,33,38,40,42-43,45-49,51-52,54-57,59-61,68-69,72-74H,5-6,8,13-14,19-32,34-37H2,1H3/t42-,43+,45-,46+,47+,48-,49+,51-,52+,54-,55-,56-,57-,59-,60-,61-,62-,63+,64+,65+,66-,67+/m1/s1. The number of ether oxygens (including phenoxy) is 2. The molecule has 9 heteroatoms. The number of carbonyl (C=O) groups is 2. The third kappa shape index (κ3) is 6.38. The summed E-state index contributed by atoms with van der Waals surface area (Å²) in [6, 6.07) is 17.0. The Balaban J connectivity index is 0.903. The molecule has 2 aromatic rings. The van der Waals surface area contributed by atoms with E-state index in [0.717, 1.165) is 73.6 Å². The Morgan fingerprint density at radius 2 is 1.68 bits per heavy atom. The summed E-state index contributed by atoms with van der Waals surface area (Å²) in [6.07, 6.45) is 24.8. The summed E-state index contributed by atoms with van der Waals surface area (Å²) < 4.78 is 13.9. The van der Waals surface area contributed by atoms with E-state index in [1.165, 1.54) is 37.5 Å². The van der Waals surface area contributed by atoms with Gasteiger partial charge in [0.25, 0.3) is 0 Å². The number of aliphatic hydroxyl groups excluding tert-OH is 1. The zero-order chi connectivity index (χ0) is 51.6. The van der Waals surface area contributed by atoms with E-state index in [1.54, 1.807) is 6.08 Å². The van der Waals surface area contributed by atoms with Crippen molar-refractivity contribution < 1.29 is 39.5 Å². The number of rotatable bonds is 5. The van der Waals surface area contributed by atoms with Crippen LogP contribution in [0.5, 0.6) is 0 Å². The highest BCUT2D eigenvalue weighted by molar-refractivity contribution is 5.86. The van der Waals surface area contributed by atoms with E-state index in [1.807, 2.05) is 25.2 Å². The van der Waals surface area contributed by atoms with Crippen molar-refractivity contribution >= 4 is 12.3 Å². The smallest absolute Gasteiger partial charge is 0.331 e. The number of hydrogen-bond donors (Lipinski definition) is 5. The molecule has 0 amide bonds. The van der Waals surface area contributed by atoms with Crippen LogP contribution in [0.3, 0.4) is 0 Å². The van der Waals surface area contributed by atoms with Crippen LogP contribution >= 0.6 is 0 Å². The minimum absolute atomic E-state index is 0.0674. The third-order valence-electron chi connectivity index (χ3n) is 26.3. The number of likely N-dealkylation sites (N-methyl/N-ethyl adjacent to an activating group) is 1. The van der Waals surface area contributed by atoms with Gasteiger partial charge in [-0.1, -0.05) is 92.1 Å². The molecule has 9 nitrogen and oxygen atoms in total. The van der Waals surface area contributed by atoms with Crippen molar-refractivity contribution in [2.45, 2.75) is 182 Å². The molecular formula is C67H83NO8. The number of allylic oxidation sites excluding steroid dienone is 2. The van der Waals surface area contributed by atoms with Gasteiger partial charge in [0, 0.05) is 59.3 Å². The summed E-state index contributed by atoms with van der Waals surface area (Å²) in [6.45, 7) is 0.590. The zero-order valence-corrected chi connectivity index (χ0v) is 44.9. The van der Waals surface area contributed by atoms with Gasteiger partial charge in [-0.3, -0.25) is 0 Å². The second-order valence-electron chi connectivity index (χ2n) is 28.1. The molecule has 14 aliphatic rings. The maximum absolute atomic E-state index is 15.7. The van der Waals surface area contributed by atoms with E-state index in [9.17, 15) is 20.1 Å². The lowest BCUT2D eigenvalue weighted by molar-refractivity contribution is -0.366. The molecule has 2 aliphatic heterocycles. The Morgan fingerprint density at radius 3 is 2.50 bits per heavy atom. The molecule has 22 atom stereocenters. The van der Waals surface area contributed by atoms with Gasteiger partial charge in [-0.25, -0.2) is 4.79 Å². The summed E-state index contributed by atoms with van der Waals surface area (Å²) >= 11 is 0. The number of aldehydes is 1. The molecule has 2 aromatic carbocycles. The van der Waals surface area contributed by atoms with Crippen LogP contribution < -0.4 is 5.32 Å². The SMILES string of the molecule is CN[C@@H]1Cc2c(cccc2CO)C#CCC[C@]23CC[C@H]4[C@@](O)(C[C@H]5C[C@@H]6[C@@H](C=CC[C@H]6C6CCCC6)C[C@@H]6[C@H]7OCC[C@H]8C[C@H]9C[C@H](c%10ccccc%10)CC[C@H]9[C@]87C[C@@]4(C=O)[C@]56O)[C@@]2(O)C[C@@H]2C[C@@H]1[C@H]1OC(=O)C=C1[C@@H]23. The predicted octanol–water partition coefficient (Wildman–Crippen LogP) is 9.57. The van der Waals surface area contributed by atoms with E-state index >= 15 is 9.90 Å². The lowest BCUT2D eigenvalue weighted by Crippen LogP contribution is -2.83. The summed E-state index contributed by atoms with van der Waals surface area (Å²) in [5, 5.41) is 59.2. The van der Waals surface area contributed by atoms with Crippen LogP contribution in [0, 0.1) is 105 Å². The largest absolute Gasteiger partial charge is 0.454 e. The van der Waals surface area contributed by atoms with Crippen LogP contribution in [-0.2, 0) is 32.1 Å². The van der Waals surface area contributed by atoms with Gasteiger partial charge in [-0.15, -0.1) is 0 Å². The first-order valence-electron chi connectivity index (χ1n) is 30.7. The van der Waals surface area contributed by atoms with Crippen molar-refractivity contribution in [3.63, 3.8) is 0 Å². The first-order valence-corrected chi connectivity index (χ1v) is 30.7. The number of benzene rings is 2. The molecule has 2 spiro atoms. The van der Waals surface area contributed by atoms with E-state index in [0.29, 0.717) is 99.4 Å². The van der Waals surface area contributed by atoms with Crippen LogP contribution in [0.2, 0.25) is 0 Å². The quantitative estimate of drug-likeness (QED) is 0.0856. The first-order chi connectivity index (χ1) is 36.9. The molecular weight excluding hydrogens is 947 g/mol. The van der Waals surface area contributed by atoms with Crippen LogP contribution in [0.15, 0.2) is 72.3 Å². The Kier molecular flexibility index (Phi) is 11.5. The van der Waals surface area contributed by atoms with Gasteiger partial charge in [0.15, 0.2) is 0 Å². The van der Waals surface area contributed by atoms with Crippen LogP contribution in [0.4, 0.5) is 0 Å². The van der Waals surface area contributed by atoms with Crippen LogP contribution in [0.25, 0.3) is 0 Å². The number of esters is 1. The number of nitrogens with one attached hydrogen (secondary N) is 1. The highest BCUT2D eigenvalue weighted by Crippen LogP contribution is 2.81. The molecule has 0 unspecified atom stereocenters. The molecule has 12 aliphatic carbocycles. The fraction of sp³-hybridized carbons (Fsp3) is 0.701. The number of fused-ring (bicyclic) bond motifs is 9. The van der Waals surface area contributed by atoms with E-state index < -0.39 is 45.6 Å². The maximum atomic E-state index is 15.7. The monoisotopic (exact) mass is 1030 g/mol. The van der Waals surface area contributed by atoms with Crippen molar-refractivity contribution in [1.29, 1.82) is 0 Å². The molecule has 404 valence electrons. The molecule has 2 heterocycles. The van der Waals surface area contributed by atoms with Crippen molar-refractivity contribution in [1.82, 2.24) is 5.32 Å². The van der Waals surface area contributed by atoms with Gasteiger partial charge in [0.05, 0.1) is 29.3 Å². The van der Waals surface area contributed by atoms with E-state index in [4.69, 9.17) is 9.47 Å². The molecule has 4 bridgehead atoms. The first kappa shape index (κ1) is 49.4. The van der Waals surface area contributed by atoms with Crippen LogP contribution in [0.1, 0.15) is 157 Å². The lowest BCUT2D eigenvalue weighted by Gasteiger charge is -2.75. The Morgan fingerprint density at radius 1 is 0.829 bits per heavy atom. The second kappa shape index (κ2) is 17.7. The summed E-state index contributed by atoms with van der Waals surface area (Å²) in [4.78, 5) is 29.5. The van der Waals surface area contributed by atoms with Gasteiger partial charge in [-0.05, 0) is 203 Å². The van der Waals surface area contributed by atoms with Gasteiger partial charge < -0.3 is 40.0 Å². The predicted molar refractivity (Wildman–Crippen MR) is 288 cm³/mol. The van der Waals surface area contributed by atoms with Crippen molar-refractivity contribution in [3.8, 4) is 11.8 Å². The van der Waals surface area contributed by atoms with Crippen LogP contribution in [-0.4, -0.2) is 81.4 Å². The lowest BCUT2D eigenvalue weighted by atomic mass is 9.32. The minimum atomic E-state index is -1.71. The molecule has 16 rings (SSSR count). The van der Waals surface area contributed by atoms with E-state index in [2.05, 4.69) is 59.6 Å². The van der Waals surface area contributed by atoms with Crippen molar-refractivity contribution in [2.75, 3.05) is 13.7 Å². The minimum Gasteiger partial charge on any atom is -0.454 e. The summed E-state index contributed by atoms with van der Waals surface area (Å²) in [7, 11) is 1.97. The average Bonchev–Trinajstić information content (AvgIpc) is 3.46. The number of aliphatic hydroxyl groups is 4. The highest BCUT2D eigenvalue weighted by atomic mass is 16.5. The zero-order valence-electron chi connectivity index (χ0n) is 44.9. The molecule has 1 saturated heterocycles. The molecule has 5 N–H and O–H groups in total. The van der Waals surface area contributed by atoms with Gasteiger partial charge in [0.1, 0.15) is 18.0 Å². The topological polar surface area (TPSA) is 146 Å². The second-order valence-corrected chi connectivity index (χ2v) is 28.1. The average molecular weight is 1030 g/mol. The Hall–Kier alpha value is -3.62. The summed E-state index contributed by atoms with van der Waals surface area (Å²) in [5.74, 6) is 8.40.